The van der Waals surface area contributed by atoms with Crippen molar-refractivity contribution in [3.8, 4) is 17.2 Å². The summed E-state index contributed by atoms with van der Waals surface area (Å²) in [6.45, 7) is 3.84. The molecule has 2 aromatic rings. The number of hydrogen-bond donors (Lipinski definition) is 2. The molecule has 0 fully saturated rings. The van der Waals surface area contributed by atoms with E-state index in [1.807, 2.05) is 13.8 Å². The second kappa shape index (κ2) is 5.95. The molecule has 1 heterocycles. The Morgan fingerprint density at radius 1 is 1.33 bits per heavy atom. The zero-order valence-corrected chi connectivity index (χ0v) is 12.8. The molecule has 0 saturated carbocycles. The summed E-state index contributed by atoms with van der Waals surface area (Å²) in [5.74, 6) is -0.821. The van der Waals surface area contributed by atoms with E-state index in [1.54, 1.807) is 6.07 Å². The topological polar surface area (TPSA) is 68.4 Å². The van der Waals surface area contributed by atoms with Crippen molar-refractivity contribution in [1.82, 2.24) is 4.98 Å². The predicted molar refractivity (Wildman–Crippen MR) is 80.9 cm³/mol. The summed E-state index contributed by atoms with van der Waals surface area (Å²) in [6.07, 6.45) is 0. The van der Waals surface area contributed by atoms with E-state index in [4.69, 9.17) is 33.7 Å². The van der Waals surface area contributed by atoms with Crippen LogP contribution >= 0.6 is 23.2 Å². The monoisotopic (exact) mass is 330 g/mol. The maximum Gasteiger partial charge on any atom is 0.187 e. The van der Waals surface area contributed by atoms with Crippen LogP contribution in [0.25, 0.3) is 0 Å². The lowest BCUT2D eigenvalue weighted by atomic mass is 10.0. The Morgan fingerprint density at radius 2 is 2.00 bits per heavy atom. The Morgan fingerprint density at radius 3 is 2.62 bits per heavy atom. The van der Waals surface area contributed by atoms with Gasteiger partial charge in [-0.25, -0.2) is 9.37 Å². The summed E-state index contributed by atoms with van der Waals surface area (Å²) in [5.41, 5.74) is 6.01. The van der Waals surface area contributed by atoms with Gasteiger partial charge in [-0.05, 0) is 24.1 Å². The number of phenolic OH excluding ortho intramolecular Hbond substituents is 1. The van der Waals surface area contributed by atoms with Gasteiger partial charge in [0, 0.05) is 5.56 Å². The number of ether oxygens (including phenoxy) is 1. The van der Waals surface area contributed by atoms with E-state index in [0.29, 0.717) is 11.3 Å². The molecule has 0 saturated heterocycles. The largest absolute Gasteiger partial charge is 0.508 e. The first kappa shape index (κ1) is 15.7. The Bertz CT molecular complexity index is 693. The van der Waals surface area contributed by atoms with E-state index in [1.165, 1.54) is 12.1 Å². The molecule has 0 aliphatic carbocycles. The molecule has 0 radical (unpaired) electrons. The third kappa shape index (κ3) is 3.14. The van der Waals surface area contributed by atoms with E-state index < -0.39 is 11.6 Å². The molecule has 4 nitrogen and oxygen atoms in total. The van der Waals surface area contributed by atoms with Gasteiger partial charge >= 0.3 is 0 Å². The molecule has 0 atom stereocenters. The summed E-state index contributed by atoms with van der Waals surface area (Å²) >= 11 is 11.7. The number of nitrogens with two attached hydrogens (primary N) is 1. The van der Waals surface area contributed by atoms with Crippen molar-refractivity contribution in [2.75, 3.05) is 5.73 Å². The molecule has 0 unspecified atom stereocenters. The smallest absolute Gasteiger partial charge is 0.187 e. The first-order chi connectivity index (χ1) is 9.81. The minimum atomic E-state index is -0.890. The predicted octanol–water partition coefficient (Wildman–Crippen LogP) is 4.73. The lowest BCUT2D eigenvalue weighted by Gasteiger charge is -2.13. The molecule has 21 heavy (non-hydrogen) atoms. The van der Waals surface area contributed by atoms with Crippen LogP contribution in [0, 0.1) is 5.82 Å². The van der Waals surface area contributed by atoms with Crippen LogP contribution < -0.4 is 10.5 Å². The van der Waals surface area contributed by atoms with Crippen LogP contribution in [0.1, 0.15) is 25.3 Å². The Balaban J connectivity index is 2.44. The minimum absolute atomic E-state index is 0.0840. The van der Waals surface area contributed by atoms with Gasteiger partial charge in [-0.1, -0.05) is 37.0 Å². The fourth-order valence-electron chi connectivity index (χ4n) is 1.77. The number of aromatic nitrogens is 1. The highest BCUT2D eigenvalue weighted by atomic mass is 35.5. The summed E-state index contributed by atoms with van der Waals surface area (Å²) in [7, 11) is 0. The molecule has 0 amide bonds. The number of phenols is 1. The number of rotatable bonds is 3. The maximum atomic E-state index is 13.6. The summed E-state index contributed by atoms with van der Waals surface area (Å²) in [4.78, 5) is 3.61. The average molecular weight is 331 g/mol. The van der Waals surface area contributed by atoms with Gasteiger partial charge in [0.2, 0.25) is 0 Å². The van der Waals surface area contributed by atoms with Crippen molar-refractivity contribution in [2.24, 2.45) is 0 Å². The van der Waals surface area contributed by atoms with Crippen LogP contribution in [-0.4, -0.2) is 10.1 Å². The highest BCUT2D eigenvalue weighted by Crippen LogP contribution is 2.39. The number of benzene rings is 1. The molecule has 0 aliphatic heterocycles. The van der Waals surface area contributed by atoms with E-state index in [9.17, 15) is 9.50 Å². The normalized spacial score (nSPS) is 11.0. The van der Waals surface area contributed by atoms with E-state index in [2.05, 4.69) is 4.98 Å². The van der Waals surface area contributed by atoms with Crippen molar-refractivity contribution in [1.29, 1.82) is 0 Å². The van der Waals surface area contributed by atoms with Crippen LogP contribution in [0.2, 0.25) is 10.2 Å². The molecular weight excluding hydrogens is 318 g/mol. The molecule has 0 bridgehead atoms. The summed E-state index contributed by atoms with van der Waals surface area (Å²) < 4.78 is 19.1. The van der Waals surface area contributed by atoms with Gasteiger partial charge in [-0.3, -0.25) is 0 Å². The van der Waals surface area contributed by atoms with Crippen molar-refractivity contribution >= 4 is 29.0 Å². The van der Waals surface area contributed by atoms with Gasteiger partial charge in [0.1, 0.15) is 16.5 Å². The second-order valence-electron chi connectivity index (χ2n) is 4.72. The molecule has 112 valence electrons. The molecule has 1 aromatic carbocycles. The third-order valence-corrected chi connectivity index (χ3v) is 3.46. The number of halogens is 3. The lowest BCUT2D eigenvalue weighted by molar-refractivity contribution is 0.452. The number of nitrogens with zero attached hydrogens (tertiary/aromatic N) is 1. The van der Waals surface area contributed by atoms with E-state index in [-0.39, 0.29) is 27.6 Å². The zero-order chi connectivity index (χ0) is 15.7. The highest BCUT2D eigenvalue weighted by molar-refractivity contribution is 6.36. The van der Waals surface area contributed by atoms with Crippen molar-refractivity contribution in [2.45, 2.75) is 19.8 Å². The molecule has 1 aromatic heterocycles. The summed E-state index contributed by atoms with van der Waals surface area (Å²) in [6, 6.07) is 4.62. The van der Waals surface area contributed by atoms with Gasteiger partial charge in [0.15, 0.2) is 22.5 Å². The number of aromatic hydroxyl groups is 1. The van der Waals surface area contributed by atoms with Crippen molar-refractivity contribution in [3.63, 3.8) is 0 Å². The first-order valence-electron chi connectivity index (χ1n) is 6.12. The fraction of sp³-hybridized carbons (Fsp3) is 0.214. The van der Waals surface area contributed by atoms with Crippen LogP contribution in [0.15, 0.2) is 18.2 Å². The molecular formula is C14H13Cl2FN2O2. The number of nitrogen functional groups attached to an aromatic ring is 1. The zero-order valence-electron chi connectivity index (χ0n) is 11.3. The molecule has 0 spiro atoms. The van der Waals surface area contributed by atoms with Crippen LogP contribution in [-0.2, 0) is 0 Å². The average Bonchev–Trinajstić information content (AvgIpc) is 2.42. The van der Waals surface area contributed by atoms with E-state index in [0.717, 1.165) is 0 Å². The maximum absolute atomic E-state index is 13.6. The van der Waals surface area contributed by atoms with Crippen molar-refractivity contribution in [3.05, 3.63) is 39.8 Å². The Hall–Kier alpha value is -1.72. The summed E-state index contributed by atoms with van der Waals surface area (Å²) in [5, 5.41) is 9.28. The number of pyridine rings is 1. The van der Waals surface area contributed by atoms with E-state index >= 15 is 0 Å². The second-order valence-corrected chi connectivity index (χ2v) is 5.46. The first-order valence-corrected chi connectivity index (χ1v) is 6.87. The third-order valence-electron chi connectivity index (χ3n) is 2.86. The van der Waals surface area contributed by atoms with Gasteiger partial charge in [-0.2, -0.15) is 0 Å². The van der Waals surface area contributed by atoms with Crippen LogP contribution in [0.3, 0.4) is 0 Å². The van der Waals surface area contributed by atoms with Gasteiger partial charge in [0.05, 0.1) is 0 Å². The molecule has 3 N–H and O–H groups in total. The molecule has 2 rings (SSSR count). The quantitative estimate of drug-likeness (QED) is 0.798. The minimum Gasteiger partial charge on any atom is -0.508 e. The van der Waals surface area contributed by atoms with Crippen LogP contribution in [0.4, 0.5) is 10.2 Å². The van der Waals surface area contributed by atoms with Gasteiger partial charge in [0.25, 0.3) is 0 Å². The highest BCUT2D eigenvalue weighted by Gasteiger charge is 2.19. The standard InChI is InChI=1S/C14H13Cl2FN2O2/c1-6(2)8-5-7(3-4-9(8)20)21-12-10(15)11(17)14(18)19-13(12)16/h3-6,20H,1-2H3,(H2,18,19). The number of hydrogen-bond acceptors (Lipinski definition) is 4. The SMILES string of the molecule is CC(C)c1cc(Oc2c(Cl)nc(N)c(F)c2Cl)ccc1O. The molecule has 7 heteroatoms. The molecule has 0 aliphatic rings. The van der Waals surface area contributed by atoms with Crippen LogP contribution in [0.5, 0.6) is 17.2 Å². The van der Waals surface area contributed by atoms with Gasteiger partial charge in [-0.15, -0.1) is 0 Å². The number of anilines is 1. The van der Waals surface area contributed by atoms with Crippen molar-refractivity contribution < 1.29 is 14.2 Å². The fourth-order valence-corrected chi connectivity index (χ4v) is 2.27. The Kier molecular flexibility index (Phi) is 4.44. The van der Waals surface area contributed by atoms with Gasteiger partial charge < -0.3 is 15.6 Å². The Labute approximate surface area is 131 Å². The lowest BCUT2D eigenvalue weighted by Crippen LogP contribution is -1.99.